The average molecular weight is 432 g/mol. The molecule has 0 unspecified atom stereocenters. The van der Waals surface area contributed by atoms with E-state index in [0.717, 1.165) is 74.4 Å². The normalized spacial score (nSPS) is 20.9. The van der Waals surface area contributed by atoms with Gasteiger partial charge in [-0.3, -0.25) is 14.7 Å². The average Bonchev–Trinajstić information content (AvgIpc) is 3.24. The van der Waals surface area contributed by atoms with E-state index >= 15 is 0 Å². The summed E-state index contributed by atoms with van der Waals surface area (Å²) in [5, 5.41) is 0. The first kappa shape index (κ1) is 21.8. The SMILES string of the molecule is CC(=O)N1CCC(N2CCC[C@@H]2c2cccc(Cc3ccc(C(F)(F)F)cc3)n2)CC1. The number of halogens is 3. The van der Waals surface area contributed by atoms with Crippen molar-refractivity contribution in [2.45, 2.75) is 57.3 Å². The molecule has 0 N–H and O–H groups in total. The first-order valence-corrected chi connectivity index (χ1v) is 10.9. The molecule has 1 atom stereocenters. The number of likely N-dealkylation sites (tertiary alicyclic amines) is 2. The third-order valence-electron chi connectivity index (χ3n) is 6.51. The first-order valence-electron chi connectivity index (χ1n) is 10.9. The van der Waals surface area contributed by atoms with Crippen LogP contribution in [0, 0.1) is 0 Å². The Morgan fingerprint density at radius 2 is 1.74 bits per heavy atom. The number of piperidine rings is 1. The minimum Gasteiger partial charge on any atom is -0.343 e. The molecule has 7 heteroatoms. The number of benzene rings is 1. The largest absolute Gasteiger partial charge is 0.416 e. The molecule has 0 aliphatic carbocycles. The lowest BCUT2D eigenvalue weighted by atomic mass is 10.0. The number of hydrogen-bond acceptors (Lipinski definition) is 3. The van der Waals surface area contributed by atoms with Crippen LogP contribution in [-0.2, 0) is 17.4 Å². The summed E-state index contributed by atoms with van der Waals surface area (Å²) in [7, 11) is 0. The molecule has 2 fully saturated rings. The number of rotatable bonds is 4. The van der Waals surface area contributed by atoms with Gasteiger partial charge in [0.05, 0.1) is 17.3 Å². The van der Waals surface area contributed by atoms with Gasteiger partial charge in [0.1, 0.15) is 0 Å². The van der Waals surface area contributed by atoms with Crippen molar-refractivity contribution in [3.63, 3.8) is 0 Å². The van der Waals surface area contributed by atoms with Crippen LogP contribution in [0.4, 0.5) is 13.2 Å². The molecule has 2 aromatic rings. The van der Waals surface area contributed by atoms with Crippen LogP contribution in [0.15, 0.2) is 42.5 Å². The molecule has 0 spiro atoms. The van der Waals surface area contributed by atoms with Gasteiger partial charge in [0.15, 0.2) is 0 Å². The second kappa shape index (κ2) is 8.99. The van der Waals surface area contributed by atoms with Crippen molar-refractivity contribution >= 4 is 5.91 Å². The molecular formula is C24H28F3N3O. The number of alkyl halides is 3. The number of carbonyl (C=O) groups excluding carboxylic acids is 1. The van der Waals surface area contributed by atoms with Crippen LogP contribution >= 0.6 is 0 Å². The molecule has 31 heavy (non-hydrogen) atoms. The summed E-state index contributed by atoms with van der Waals surface area (Å²) in [5.74, 6) is 0.147. The van der Waals surface area contributed by atoms with Crippen LogP contribution < -0.4 is 0 Å². The molecule has 0 radical (unpaired) electrons. The monoisotopic (exact) mass is 431 g/mol. The zero-order valence-corrected chi connectivity index (χ0v) is 17.7. The Hall–Kier alpha value is -2.41. The standard InChI is InChI=1S/C24H28F3N3O/c1-17(31)29-14-11-21(12-15-29)30-13-3-6-23(30)22-5-2-4-20(28-22)16-18-7-9-19(10-8-18)24(25,26)27/h2,4-5,7-10,21,23H,3,6,11-16H2,1H3/t23-/m1/s1. The summed E-state index contributed by atoms with van der Waals surface area (Å²) in [5.41, 5.74) is 2.10. The predicted molar refractivity (Wildman–Crippen MR) is 112 cm³/mol. The van der Waals surface area contributed by atoms with Gasteiger partial charge in [-0.25, -0.2) is 0 Å². The molecule has 1 aromatic heterocycles. The molecule has 166 valence electrons. The highest BCUT2D eigenvalue weighted by Gasteiger charge is 2.35. The van der Waals surface area contributed by atoms with Crippen molar-refractivity contribution in [1.29, 1.82) is 0 Å². The molecular weight excluding hydrogens is 403 g/mol. The molecule has 0 saturated carbocycles. The van der Waals surface area contributed by atoms with Crippen LogP contribution in [0.3, 0.4) is 0 Å². The van der Waals surface area contributed by atoms with E-state index in [9.17, 15) is 18.0 Å². The van der Waals surface area contributed by atoms with Crippen LogP contribution in [-0.4, -0.2) is 46.4 Å². The van der Waals surface area contributed by atoms with E-state index in [1.54, 1.807) is 6.92 Å². The number of pyridine rings is 1. The van der Waals surface area contributed by atoms with Gasteiger partial charge in [-0.05, 0) is 62.1 Å². The molecule has 4 nitrogen and oxygen atoms in total. The lowest BCUT2D eigenvalue weighted by Gasteiger charge is -2.39. The number of nitrogens with zero attached hydrogens (tertiary/aromatic N) is 3. The molecule has 3 heterocycles. The Bertz CT molecular complexity index is 905. The van der Waals surface area contributed by atoms with Crippen LogP contribution in [0.2, 0.25) is 0 Å². The third kappa shape index (κ3) is 5.09. The van der Waals surface area contributed by atoms with Gasteiger partial charge in [0, 0.05) is 38.2 Å². The van der Waals surface area contributed by atoms with Crippen molar-refractivity contribution in [2.24, 2.45) is 0 Å². The Kier molecular flexibility index (Phi) is 6.32. The van der Waals surface area contributed by atoms with Crippen molar-refractivity contribution < 1.29 is 18.0 Å². The number of aromatic nitrogens is 1. The zero-order valence-electron chi connectivity index (χ0n) is 17.7. The summed E-state index contributed by atoms with van der Waals surface area (Å²) in [6, 6.07) is 12.0. The van der Waals surface area contributed by atoms with Gasteiger partial charge in [0.2, 0.25) is 5.91 Å². The fourth-order valence-corrected chi connectivity index (χ4v) is 4.86. The Balaban J connectivity index is 1.44. The lowest BCUT2D eigenvalue weighted by molar-refractivity contribution is -0.137. The van der Waals surface area contributed by atoms with Crippen LogP contribution in [0.1, 0.15) is 61.2 Å². The van der Waals surface area contributed by atoms with Crippen molar-refractivity contribution in [3.05, 3.63) is 65.0 Å². The zero-order chi connectivity index (χ0) is 22.0. The van der Waals surface area contributed by atoms with Gasteiger partial charge in [-0.15, -0.1) is 0 Å². The summed E-state index contributed by atoms with van der Waals surface area (Å²) >= 11 is 0. The molecule has 1 aromatic carbocycles. The summed E-state index contributed by atoms with van der Waals surface area (Å²) in [4.78, 5) is 21.0. The smallest absolute Gasteiger partial charge is 0.343 e. The van der Waals surface area contributed by atoms with E-state index in [-0.39, 0.29) is 11.9 Å². The fourth-order valence-electron chi connectivity index (χ4n) is 4.86. The number of amides is 1. The van der Waals surface area contributed by atoms with E-state index < -0.39 is 11.7 Å². The van der Waals surface area contributed by atoms with Gasteiger partial charge in [-0.1, -0.05) is 18.2 Å². The highest BCUT2D eigenvalue weighted by atomic mass is 19.4. The molecule has 2 saturated heterocycles. The highest BCUT2D eigenvalue weighted by molar-refractivity contribution is 5.73. The number of carbonyl (C=O) groups is 1. The topological polar surface area (TPSA) is 36.4 Å². The molecule has 2 aliphatic heterocycles. The Morgan fingerprint density at radius 1 is 1.03 bits per heavy atom. The van der Waals surface area contributed by atoms with E-state index in [0.29, 0.717) is 12.5 Å². The second-order valence-corrected chi connectivity index (χ2v) is 8.56. The highest BCUT2D eigenvalue weighted by Crippen LogP contribution is 2.35. The molecule has 1 amide bonds. The van der Waals surface area contributed by atoms with Crippen molar-refractivity contribution in [1.82, 2.24) is 14.8 Å². The Labute approximate surface area is 181 Å². The summed E-state index contributed by atoms with van der Waals surface area (Å²) < 4.78 is 38.4. The summed E-state index contributed by atoms with van der Waals surface area (Å²) in [6.07, 6.45) is 0.355. The van der Waals surface area contributed by atoms with E-state index in [4.69, 9.17) is 4.98 Å². The van der Waals surface area contributed by atoms with Crippen molar-refractivity contribution in [3.8, 4) is 0 Å². The Morgan fingerprint density at radius 3 is 2.39 bits per heavy atom. The quantitative estimate of drug-likeness (QED) is 0.695. The minimum atomic E-state index is -4.32. The second-order valence-electron chi connectivity index (χ2n) is 8.56. The van der Waals surface area contributed by atoms with Crippen LogP contribution in [0.25, 0.3) is 0 Å². The van der Waals surface area contributed by atoms with Crippen LogP contribution in [0.5, 0.6) is 0 Å². The molecule has 4 rings (SSSR count). The minimum absolute atomic E-state index is 0.147. The summed E-state index contributed by atoms with van der Waals surface area (Å²) in [6.45, 7) is 4.29. The van der Waals surface area contributed by atoms with E-state index in [1.165, 1.54) is 12.1 Å². The van der Waals surface area contributed by atoms with Gasteiger partial charge < -0.3 is 4.90 Å². The van der Waals surface area contributed by atoms with E-state index in [1.807, 2.05) is 17.0 Å². The maximum absolute atomic E-state index is 12.8. The fraction of sp³-hybridized carbons (Fsp3) is 0.500. The molecule has 0 bridgehead atoms. The van der Waals surface area contributed by atoms with Gasteiger partial charge in [0.25, 0.3) is 0 Å². The third-order valence-corrected chi connectivity index (χ3v) is 6.51. The maximum Gasteiger partial charge on any atom is 0.416 e. The molecule has 2 aliphatic rings. The van der Waals surface area contributed by atoms with Gasteiger partial charge in [-0.2, -0.15) is 13.2 Å². The van der Waals surface area contributed by atoms with Crippen molar-refractivity contribution in [2.75, 3.05) is 19.6 Å². The number of hydrogen-bond donors (Lipinski definition) is 0. The first-order chi connectivity index (χ1) is 14.8. The lowest BCUT2D eigenvalue weighted by Crippen LogP contribution is -2.46. The predicted octanol–water partition coefficient (Wildman–Crippen LogP) is 4.84. The maximum atomic E-state index is 12.8. The van der Waals surface area contributed by atoms with E-state index in [2.05, 4.69) is 11.0 Å². The van der Waals surface area contributed by atoms with Gasteiger partial charge >= 0.3 is 6.18 Å².